The first-order chi connectivity index (χ1) is 9.90. The molecule has 0 amide bonds. The van der Waals surface area contributed by atoms with Crippen LogP contribution in [0.3, 0.4) is 0 Å². The molecule has 1 aliphatic heterocycles. The Bertz CT molecular complexity index is 392. The molecular formula is C15H26IN3OS. The third kappa shape index (κ3) is 6.95. The molecule has 6 heteroatoms. The summed E-state index contributed by atoms with van der Waals surface area (Å²) in [7, 11) is 0. The highest BCUT2D eigenvalue weighted by Gasteiger charge is 2.14. The van der Waals surface area contributed by atoms with Crippen LogP contribution in [0.1, 0.15) is 25.0 Å². The van der Waals surface area contributed by atoms with Gasteiger partial charge in [0.2, 0.25) is 0 Å². The Morgan fingerprint density at radius 1 is 1.38 bits per heavy atom. The van der Waals surface area contributed by atoms with Crippen molar-refractivity contribution in [1.82, 2.24) is 10.2 Å². The molecular weight excluding hydrogens is 397 g/mol. The van der Waals surface area contributed by atoms with Crippen molar-refractivity contribution in [3.05, 3.63) is 24.2 Å². The Morgan fingerprint density at radius 3 is 2.86 bits per heavy atom. The Labute approximate surface area is 149 Å². The maximum Gasteiger partial charge on any atom is 0.193 e. The van der Waals surface area contributed by atoms with E-state index in [1.165, 1.54) is 19.3 Å². The van der Waals surface area contributed by atoms with Gasteiger partial charge in [0.25, 0.3) is 0 Å². The lowest BCUT2D eigenvalue weighted by Gasteiger charge is -2.30. The van der Waals surface area contributed by atoms with Gasteiger partial charge in [-0.05, 0) is 37.7 Å². The van der Waals surface area contributed by atoms with E-state index in [-0.39, 0.29) is 24.0 Å². The van der Waals surface area contributed by atoms with Crippen molar-refractivity contribution in [1.29, 1.82) is 0 Å². The number of aliphatic imine (C=N–C) groups is 1. The van der Waals surface area contributed by atoms with Gasteiger partial charge in [-0.3, -0.25) is 4.99 Å². The summed E-state index contributed by atoms with van der Waals surface area (Å²) in [5.41, 5.74) is 0. The van der Waals surface area contributed by atoms with Crippen LogP contribution in [0.25, 0.3) is 0 Å². The van der Waals surface area contributed by atoms with Crippen molar-refractivity contribution in [2.45, 2.75) is 25.7 Å². The molecule has 0 radical (unpaired) electrons. The third-order valence-corrected chi connectivity index (χ3v) is 4.04. The van der Waals surface area contributed by atoms with Crippen molar-refractivity contribution in [2.24, 2.45) is 4.99 Å². The van der Waals surface area contributed by atoms with Gasteiger partial charge >= 0.3 is 0 Å². The molecule has 1 saturated heterocycles. The molecule has 120 valence electrons. The van der Waals surface area contributed by atoms with Crippen molar-refractivity contribution in [3.63, 3.8) is 0 Å². The van der Waals surface area contributed by atoms with E-state index in [0.29, 0.717) is 0 Å². The van der Waals surface area contributed by atoms with Crippen LogP contribution < -0.4 is 5.32 Å². The lowest BCUT2D eigenvalue weighted by atomic mass is 10.1. The molecule has 0 aromatic carbocycles. The SMILES string of the molecule is CSCCN=C(NCCc1ccco1)N1CCCCC1.I. The van der Waals surface area contributed by atoms with Crippen LogP contribution >= 0.6 is 35.7 Å². The first-order valence-electron chi connectivity index (χ1n) is 7.45. The molecule has 1 fully saturated rings. The maximum atomic E-state index is 5.36. The van der Waals surface area contributed by atoms with E-state index in [0.717, 1.165) is 50.1 Å². The molecule has 0 saturated carbocycles. The first kappa shape index (κ1) is 18.7. The molecule has 2 heterocycles. The smallest absolute Gasteiger partial charge is 0.193 e. The highest BCUT2D eigenvalue weighted by molar-refractivity contribution is 14.0. The first-order valence-corrected chi connectivity index (χ1v) is 8.84. The van der Waals surface area contributed by atoms with Crippen molar-refractivity contribution in [3.8, 4) is 0 Å². The fraction of sp³-hybridized carbons (Fsp3) is 0.667. The zero-order chi connectivity index (χ0) is 14.0. The molecule has 2 rings (SSSR count). The number of nitrogens with one attached hydrogen (secondary N) is 1. The minimum atomic E-state index is 0. The van der Waals surface area contributed by atoms with Gasteiger partial charge in [-0.25, -0.2) is 0 Å². The van der Waals surface area contributed by atoms with Gasteiger partial charge in [-0.2, -0.15) is 11.8 Å². The fourth-order valence-corrected chi connectivity index (χ4v) is 2.64. The molecule has 0 bridgehead atoms. The minimum absolute atomic E-state index is 0. The van der Waals surface area contributed by atoms with Crippen LogP contribution in [0.4, 0.5) is 0 Å². The largest absolute Gasteiger partial charge is 0.469 e. The molecule has 1 aliphatic rings. The summed E-state index contributed by atoms with van der Waals surface area (Å²) in [5, 5.41) is 3.49. The van der Waals surface area contributed by atoms with Crippen molar-refractivity contribution < 1.29 is 4.42 Å². The monoisotopic (exact) mass is 423 g/mol. The topological polar surface area (TPSA) is 40.8 Å². The molecule has 0 spiro atoms. The summed E-state index contributed by atoms with van der Waals surface area (Å²) >= 11 is 1.84. The standard InChI is InChI=1S/C15H25N3OS.HI/c1-20-13-9-17-15(18-10-3-2-4-11-18)16-8-7-14-6-5-12-19-14;/h5-6,12H,2-4,7-11,13H2,1H3,(H,16,17);1H. The van der Waals surface area contributed by atoms with E-state index in [1.54, 1.807) is 6.26 Å². The number of thioether (sulfide) groups is 1. The molecule has 0 atom stereocenters. The summed E-state index contributed by atoms with van der Waals surface area (Å²) in [6, 6.07) is 3.96. The highest BCUT2D eigenvalue weighted by atomic mass is 127. The molecule has 0 unspecified atom stereocenters. The predicted octanol–water partition coefficient (Wildman–Crippen LogP) is 3.23. The number of furan rings is 1. The van der Waals surface area contributed by atoms with Gasteiger partial charge in [0.05, 0.1) is 12.8 Å². The van der Waals surface area contributed by atoms with E-state index in [1.807, 2.05) is 23.9 Å². The molecule has 21 heavy (non-hydrogen) atoms. The van der Waals surface area contributed by atoms with Crippen LogP contribution in [-0.4, -0.2) is 49.0 Å². The number of halogens is 1. The van der Waals surface area contributed by atoms with E-state index >= 15 is 0 Å². The van der Waals surface area contributed by atoms with Gasteiger partial charge < -0.3 is 14.6 Å². The minimum Gasteiger partial charge on any atom is -0.469 e. The van der Waals surface area contributed by atoms with Gasteiger partial charge in [-0.15, -0.1) is 24.0 Å². The highest BCUT2D eigenvalue weighted by Crippen LogP contribution is 2.09. The molecule has 4 nitrogen and oxygen atoms in total. The van der Waals surface area contributed by atoms with Crippen LogP contribution in [0.2, 0.25) is 0 Å². The fourth-order valence-electron chi connectivity index (χ4n) is 2.37. The molecule has 0 aliphatic carbocycles. The summed E-state index contributed by atoms with van der Waals surface area (Å²) in [4.78, 5) is 7.13. The van der Waals surface area contributed by atoms with Gasteiger partial charge in [0.1, 0.15) is 5.76 Å². The third-order valence-electron chi connectivity index (χ3n) is 3.45. The average Bonchev–Trinajstić information content (AvgIpc) is 3.00. The Kier molecular flexibility index (Phi) is 9.99. The number of guanidine groups is 1. The molecule has 1 N–H and O–H groups in total. The van der Waals surface area contributed by atoms with Gasteiger partial charge in [-0.1, -0.05) is 0 Å². The molecule has 1 aromatic rings. The van der Waals surface area contributed by atoms with Crippen LogP contribution in [0.15, 0.2) is 27.8 Å². The van der Waals surface area contributed by atoms with Crippen LogP contribution in [0.5, 0.6) is 0 Å². The number of likely N-dealkylation sites (tertiary alicyclic amines) is 1. The van der Waals surface area contributed by atoms with Crippen LogP contribution in [-0.2, 0) is 6.42 Å². The van der Waals surface area contributed by atoms with Crippen LogP contribution in [0, 0.1) is 0 Å². The normalized spacial score (nSPS) is 15.7. The number of rotatable bonds is 6. The summed E-state index contributed by atoms with van der Waals surface area (Å²) in [6.45, 7) is 4.03. The molecule has 1 aromatic heterocycles. The quantitative estimate of drug-likeness (QED) is 0.330. The van der Waals surface area contributed by atoms with Gasteiger partial charge in [0, 0.05) is 31.8 Å². The number of hydrogen-bond donors (Lipinski definition) is 1. The zero-order valence-corrected chi connectivity index (χ0v) is 15.9. The lowest BCUT2D eigenvalue weighted by Crippen LogP contribution is -2.45. The van der Waals surface area contributed by atoms with Gasteiger partial charge in [0.15, 0.2) is 5.96 Å². The Hall–Kier alpha value is -0.370. The summed E-state index contributed by atoms with van der Waals surface area (Å²) < 4.78 is 5.36. The number of nitrogens with zero attached hydrogens (tertiary/aromatic N) is 2. The number of piperidine rings is 1. The maximum absolute atomic E-state index is 5.36. The second kappa shape index (κ2) is 11.2. The van der Waals surface area contributed by atoms with E-state index < -0.39 is 0 Å². The summed E-state index contributed by atoms with van der Waals surface area (Å²) in [5.74, 6) is 3.18. The summed E-state index contributed by atoms with van der Waals surface area (Å²) in [6.07, 6.45) is 8.67. The Morgan fingerprint density at radius 2 is 2.19 bits per heavy atom. The van der Waals surface area contributed by atoms with E-state index in [2.05, 4.69) is 16.5 Å². The Balaban J connectivity index is 0.00000220. The second-order valence-electron chi connectivity index (χ2n) is 5.00. The van der Waals surface area contributed by atoms with E-state index in [4.69, 9.17) is 9.41 Å². The lowest BCUT2D eigenvalue weighted by molar-refractivity contribution is 0.331. The number of hydrogen-bond acceptors (Lipinski definition) is 3. The second-order valence-corrected chi connectivity index (χ2v) is 5.99. The predicted molar refractivity (Wildman–Crippen MR) is 102 cm³/mol. The average molecular weight is 423 g/mol. The van der Waals surface area contributed by atoms with Crippen molar-refractivity contribution in [2.75, 3.05) is 38.2 Å². The van der Waals surface area contributed by atoms with E-state index in [9.17, 15) is 0 Å². The van der Waals surface area contributed by atoms with Crippen molar-refractivity contribution >= 4 is 41.7 Å². The zero-order valence-electron chi connectivity index (χ0n) is 12.7.